The number of allylic oxidation sites excluding steroid dienone is 2. The second-order valence-electron chi connectivity index (χ2n) is 14.7. The second kappa shape index (κ2) is 12.0. The number of benzene rings is 7. The molecule has 256 valence electrons. The molecule has 0 saturated carbocycles. The third-order valence-corrected chi connectivity index (χ3v) is 15.3. The first-order valence-corrected chi connectivity index (χ1v) is 21.4. The number of anilines is 5. The summed E-state index contributed by atoms with van der Waals surface area (Å²) in [6.45, 7) is 0.133. The monoisotopic (exact) mass is 776 g/mol. The molecule has 0 spiro atoms. The quantitative estimate of drug-likeness (QED) is 0.167. The van der Waals surface area contributed by atoms with Crippen LogP contribution in [0.4, 0.5) is 28.4 Å². The summed E-state index contributed by atoms with van der Waals surface area (Å²) in [5.74, 6) is 2.06. The van der Waals surface area contributed by atoms with E-state index in [1.807, 2.05) is 11.3 Å². The third-order valence-electron chi connectivity index (χ3n) is 11.7. The third kappa shape index (κ3) is 4.54. The average molecular weight is 776 g/mol. The summed E-state index contributed by atoms with van der Waals surface area (Å²) in [6.07, 6.45) is 4.34. The van der Waals surface area contributed by atoms with Crippen LogP contribution < -0.4 is 39.8 Å². The first-order valence-electron chi connectivity index (χ1n) is 18.9. The molecular weight excluding hydrogens is 742 g/mol. The molecule has 54 heavy (non-hydrogen) atoms. The van der Waals surface area contributed by atoms with E-state index in [1.54, 1.807) is 0 Å². The fourth-order valence-electron chi connectivity index (χ4n) is 9.32. The van der Waals surface area contributed by atoms with Crippen LogP contribution in [-0.2, 0) is 0 Å². The molecule has 3 nitrogen and oxygen atoms in total. The zero-order chi connectivity index (χ0) is 35.3. The van der Waals surface area contributed by atoms with Crippen molar-refractivity contribution in [3.63, 3.8) is 0 Å². The van der Waals surface area contributed by atoms with Crippen LogP contribution in [0.3, 0.4) is 0 Å². The molecule has 0 fully saturated rings. The van der Waals surface area contributed by atoms with Crippen molar-refractivity contribution < 1.29 is 4.74 Å². The summed E-state index contributed by atoms with van der Waals surface area (Å²) >= 11 is 2.11. The first-order chi connectivity index (χ1) is 26.8. The van der Waals surface area contributed by atoms with Gasteiger partial charge in [0.05, 0.1) is 0 Å². The van der Waals surface area contributed by atoms with Gasteiger partial charge in [-0.2, -0.15) is 0 Å². The summed E-state index contributed by atoms with van der Waals surface area (Å²) in [4.78, 5) is 5.02. The Kier molecular flexibility index (Phi) is 6.86. The SMILES string of the molecule is c1ccc(N2c3cc(N4C5=C(CCCC5)Oc5ccccc54)ccc3B3c4cc(-c5cccc6c5sc5ccccc56)ccc4[Se]c4cccc2c43)cc1. The number of hydrogen-bond acceptors (Lipinski definition) is 4. The number of ether oxygens (including phenoxy) is 1. The van der Waals surface area contributed by atoms with Crippen molar-refractivity contribution in [1.29, 1.82) is 0 Å². The standard InChI is InChI=1S/C48H33BN2OSSe/c1-2-12-31(13-3-1)50-40-19-11-23-46-47(40)49(36-26-25-32(29-41(36)50)51-38-17-5-7-20-42(38)52-43-21-8-6-18-39(43)51)37-28-30(24-27-45(37)54-46)33-15-10-16-35-34-14-4-9-22-44(34)53-48(33)35/h1-5,7,9-17,19-20,22-29H,6,8,18,21H2. The molecule has 0 bridgehead atoms. The van der Waals surface area contributed by atoms with Crippen molar-refractivity contribution >= 4 is 107 Å². The molecule has 8 aromatic rings. The normalized spacial score (nSPS) is 15.4. The molecule has 1 aromatic heterocycles. The van der Waals surface area contributed by atoms with Crippen LogP contribution in [0, 0.1) is 0 Å². The van der Waals surface area contributed by atoms with Gasteiger partial charge in [0.15, 0.2) is 0 Å². The van der Waals surface area contributed by atoms with Crippen LogP contribution in [0.2, 0.25) is 0 Å². The van der Waals surface area contributed by atoms with Crippen LogP contribution in [0.15, 0.2) is 163 Å². The van der Waals surface area contributed by atoms with Crippen LogP contribution in [0.1, 0.15) is 25.7 Å². The Morgan fingerprint density at radius 1 is 0.574 bits per heavy atom. The molecule has 12 rings (SSSR count). The Balaban J connectivity index is 1.08. The summed E-state index contributed by atoms with van der Waals surface area (Å²) in [5, 5.41) is 2.69. The van der Waals surface area contributed by atoms with E-state index in [4.69, 9.17) is 4.74 Å². The van der Waals surface area contributed by atoms with Crippen LogP contribution in [0.25, 0.3) is 31.3 Å². The van der Waals surface area contributed by atoms with Crippen LogP contribution >= 0.6 is 11.3 Å². The van der Waals surface area contributed by atoms with Gasteiger partial charge in [-0.1, -0.05) is 0 Å². The van der Waals surface area contributed by atoms with E-state index in [0.717, 1.165) is 30.0 Å². The van der Waals surface area contributed by atoms with E-state index in [1.165, 1.54) is 97.9 Å². The number of nitrogens with zero attached hydrogens (tertiary/aromatic N) is 2. The number of hydrogen-bond donors (Lipinski definition) is 0. The molecule has 4 aliphatic rings. The molecule has 4 heterocycles. The van der Waals surface area contributed by atoms with Gasteiger partial charge in [-0.05, 0) is 0 Å². The van der Waals surface area contributed by atoms with Crippen LogP contribution in [0.5, 0.6) is 5.75 Å². The van der Waals surface area contributed by atoms with Crippen molar-refractivity contribution in [2.75, 3.05) is 9.80 Å². The van der Waals surface area contributed by atoms with Gasteiger partial charge in [0.25, 0.3) is 0 Å². The molecular formula is C48H33BN2OSSe. The molecule has 1 aliphatic carbocycles. The zero-order valence-corrected chi connectivity index (χ0v) is 32.0. The van der Waals surface area contributed by atoms with E-state index >= 15 is 0 Å². The van der Waals surface area contributed by atoms with Gasteiger partial charge in [0.2, 0.25) is 0 Å². The number of fused-ring (bicyclic) bond motifs is 8. The molecule has 6 heteroatoms. The molecule has 0 radical (unpaired) electrons. The Labute approximate surface area is 325 Å². The summed E-state index contributed by atoms with van der Waals surface area (Å²) in [6, 6.07) is 56.8. The summed E-state index contributed by atoms with van der Waals surface area (Å²) in [7, 11) is 0. The van der Waals surface area contributed by atoms with E-state index < -0.39 is 0 Å². The first kappa shape index (κ1) is 30.9. The van der Waals surface area contributed by atoms with Gasteiger partial charge < -0.3 is 0 Å². The molecule has 0 amide bonds. The second-order valence-corrected chi connectivity index (χ2v) is 18.0. The molecule has 0 saturated heterocycles. The number of thiophene rings is 1. The molecule has 7 aromatic carbocycles. The Morgan fingerprint density at radius 2 is 1.39 bits per heavy atom. The van der Waals surface area contributed by atoms with E-state index in [0.29, 0.717) is 0 Å². The number of para-hydroxylation sites is 3. The maximum atomic E-state index is 6.55. The fourth-order valence-corrected chi connectivity index (χ4v) is 13.0. The van der Waals surface area contributed by atoms with E-state index in [9.17, 15) is 0 Å². The molecule has 0 unspecified atom stereocenters. The van der Waals surface area contributed by atoms with Gasteiger partial charge in [-0.25, -0.2) is 0 Å². The number of rotatable bonds is 3. The van der Waals surface area contributed by atoms with Gasteiger partial charge in [0, 0.05) is 0 Å². The zero-order valence-electron chi connectivity index (χ0n) is 29.5. The topological polar surface area (TPSA) is 15.7 Å². The Morgan fingerprint density at radius 3 is 2.35 bits per heavy atom. The fraction of sp³-hybridized carbons (Fsp3) is 0.0833. The molecule has 0 atom stereocenters. The minimum absolute atomic E-state index is 0.133. The van der Waals surface area contributed by atoms with Gasteiger partial charge >= 0.3 is 327 Å². The van der Waals surface area contributed by atoms with Gasteiger partial charge in [-0.15, -0.1) is 0 Å². The molecule has 3 aliphatic heterocycles. The van der Waals surface area contributed by atoms with Crippen molar-refractivity contribution in [3.05, 3.63) is 163 Å². The van der Waals surface area contributed by atoms with Crippen LogP contribution in [-0.4, -0.2) is 21.7 Å². The predicted molar refractivity (Wildman–Crippen MR) is 230 cm³/mol. The Hall–Kier alpha value is -5.52. The minimum atomic E-state index is 0.133. The van der Waals surface area contributed by atoms with E-state index in [2.05, 4.69) is 161 Å². The maximum absolute atomic E-state index is 6.55. The van der Waals surface area contributed by atoms with Crippen molar-refractivity contribution in [3.8, 4) is 16.9 Å². The molecule has 0 N–H and O–H groups in total. The van der Waals surface area contributed by atoms with Crippen molar-refractivity contribution in [2.24, 2.45) is 0 Å². The summed E-state index contributed by atoms with van der Waals surface area (Å²) < 4.78 is 12.2. The van der Waals surface area contributed by atoms with E-state index in [-0.39, 0.29) is 21.7 Å². The predicted octanol–water partition coefficient (Wildman–Crippen LogP) is 9.31. The van der Waals surface area contributed by atoms with Crippen molar-refractivity contribution in [2.45, 2.75) is 25.7 Å². The average Bonchev–Trinajstić information content (AvgIpc) is 3.62. The van der Waals surface area contributed by atoms with Gasteiger partial charge in [0.1, 0.15) is 0 Å². The van der Waals surface area contributed by atoms with Gasteiger partial charge in [-0.3, -0.25) is 0 Å². The Bertz CT molecular complexity index is 2880. The summed E-state index contributed by atoms with van der Waals surface area (Å²) in [5.41, 5.74) is 14.2. The van der Waals surface area contributed by atoms with Crippen molar-refractivity contribution in [1.82, 2.24) is 0 Å².